The lowest BCUT2D eigenvalue weighted by Crippen LogP contribution is -1.92. The molecule has 3 nitrogen and oxygen atoms in total. The van der Waals surface area contributed by atoms with Crippen molar-refractivity contribution in [1.29, 1.82) is 0 Å². The molecule has 0 unspecified atom stereocenters. The highest BCUT2D eigenvalue weighted by Gasteiger charge is 2.23. The van der Waals surface area contributed by atoms with E-state index in [1.54, 1.807) is 0 Å². The molecule has 0 radical (unpaired) electrons. The summed E-state index contributed by atoms with van der Waals surface area (Å²) >= 11 is 0. The summed E-state index contributed by atoms with van der Waals surface area (Å²) in [6.45, 7) is 0. The summed E-state index contributed by atoms with van der Waals surface area (Å²) in [5, 5.41) is 18.6. The highest BCUT2D eigenvalue weighted by molar-refractivity contribution is 5.90. The molecule has 1 aliphatic carbocycles. The van der Waals surface area contributed by atoms with E-state index in [4.69, 9.17) is 0 Å². The normalized spacial score (nSPS) is 14.8. The number of phenolic OH excluding ortho intramolecular Hbond substituents is 2. The quantitative estimate of drug-likeness (QED) is 0.557. The molecule has 1 aromatic rings. The van der Waals surface area contributed by atoms with Gasteiger partial charge in [-0.15, -0.1) is 0 Å². The number of Topliss-reactive ketones (excluding diaryl/α,β-unsaturated/α-hetero) is 1. The van der Waals surface area contributed by atoms with Gasteiger partial charge in [0.2, 0.25) is 0 Å². The molecule has 3 heteroatoms. The van der Waals surface area contributed by atoms with Gasteiger partial charge in [0.1, 0.15) is 17.3 Å². The van der Waals surface area contributed by atoms with Crippen LogP contribution in [-0.4, -0.2) is 16.0 Å². The van der Waals surface area contributed by atoms with Crippen molar-refractivity contribution in [2.75, 3.05) is 0 Å². The number of fused-ring (bicyclic) bond motifs is 1. The van der Waals surface area contributed by atoms with E-state index in [9.17, 15) is 15.0 Å². The lowest BCUT2D eigenvalue weighted by Gasteiger charge is -2.02. The van der Waals surface area contributed by atoms with Gasteiger partial charge in [-0.3, -0.25) is 4.79 Å². The third kappa shape index (κ3) is 0.863. The molecule has 0 saturated heterocycles. The zero-order chi connectivity index (χ0) is 8.72. The van der Waals surface area contributed by atoms with Crippen LogP contribution in [0.25, 0.3) is 0 Å². The molecular formula is C9H8O3. The van der Waals surface area contributed by atoms with Crippen LogP contribution in [0.3, 0.4) is 0 Å². The SMILES string of the molecule is O=C1Cc2c(O)ccc(O)c2C1. The maximum atomic E-state index is 11.0. The summed E-state index contributed by atoms with van der Waals surface area (Å²) in [6, 6.07) is 2.82. The molecule has 0 fully saturated rings. The van der Waals surface area contributed by atoms with Gasteiger partial charge in [-0.2, -0.15) is 0 Å². The van der Waals surface area contributed by atoms with Crippen LogP contribution >= 0.6 is 0 Å². The molecule has 1 aromatic carbocycles. The minimum absolute atomic E-state index is 0.0433. The Labute approximate surface area is 69.3 Å². The fraction of sp³-hybridized carbons (Fsp3) is 0.222. The summed E-state index contributed by atoms with van der Waals surface area (Å²) in [4.78, 5) is 11.0. The molecule has 0 bridgehead atoms. The number of hydrogen-bond donors (Lipinski definition) is 2. The van der Waals surface area contributed by atoms with E-state index < -0.39 is 0 Å². The van der Waals surface area contributed by atoms with Gasteiger partial charge in [-0.1, -0.05) is 0 Å². The average Bonchev–Trinajstić information content (AvgIpc) is 2.41. The van der Waals surface area contributed by atoms with Gasteiger partial charge < -0.3 is 10.2 Å². The van der Waals surface area contributed by atoms with Crippen LogP contribution in [0.5, 0.6) is 11.5 Å². The van der Waals surface area contributed by atoms with Crippen molar-refractivity contribution in [3.05, 3.63) is 23.3 Å². The van der Waals surface area contributed by atoms with Crippen molar-refractivity contribution in [3.63, 3.8) is 0 Å². The maximum absolute atomic E-state index is 11.0. The predicted octanol–water partition coefficient (Wildman–Crippen LogP) is 0.765. The Balaban J connectivity index is 2.64. The fourth-order valence-corrected chi connectivity index (χ4v) is 1.52. The molecule has 0 aliphatic heterocycles. The smallest absolute Gasteiger partial charge is 0.141 e. The lowest BCUT2D eigenvalue weighted by atomic mass is 10.1. The van der Waals surface area contributed by atoms with E-state index in [2.05, 4.69) is 0 Å². The molecule has 0 spiro atoms. The third-order valence-corrected chi connectivity index (χ3v) is 2.13. The Morgan fingerprint density at radius 1 is 1.00 bits per heavy atom. The predicted molar refractivity (Wildman–Crippen MR) is 42.2 cm³/mol. The highest BCUT2D eigenvalue weighted by Crippen LogP contribution is 2.34. The number of benzene rings is 1. The van der Waals surface area contributed by atoms with Gasteiger partial charge in [0.15, 0.2) is 0 Å². The second-order valence-electron chi connectivity index (χ2n) is 2.95. The Bertz CT molecular complexity index is 322. The van der Waals surface area contributed by atoms with E-state index in [-0.39, 0.29) is 30.1 Å². The van der Waals surface area contributed by atoms with Crippen LogP contribution in [0.2, 0.25) is 0 Å². The van der Waals surface area contributed by atoms with Crippen LogP contribution in [0.1, 0.15) is 11.1 Å². The largest absolute Gasteiger partial charge is 0.508 e. The minimum Gasteiger partial charge on any atom is -0.508 e. The first-order valence-electron chi connectivity index (χ1n) is 3.73. The number of phenols is 2. The van der Waals surface area contributed by atoms with Gasteiger partial charge in [0, 0.05) is 24.0 Å². The van der Waals surface area contributed by atoms with Crippen LogP contribution < -0.4 is 0 Å². The maximum Gasteiger partial charge on any atom is 0.141 e. The van der Waals surface area contributed by atoms with Crippen LogP contribution in [0.4, 0.5) is 0 Å². The van der Waals surface area contributed by atoms with E-state index in [0.29, 0.717) is 11.1 Å². The summed E-state index contributed by atoms with van der Waals surface area (Å²) in [5.41, 5.74) is 1.17. The van der Waals surface area contributed by atoms with E-state index >= 15 is 0 Å². The molecule has 12 heavy (non-hydrogen) atoms. The summed E-state index contributed by atoms with van der Waals surface area (Å²) in [7, 11) is 0. The fourth-order valence-electron chi connectivity index (χ4n) is 1.52. The number of aromatic hydroxyl groups is 2. The Morgan fingerprint density at radius 2 is 1.42 bits per heavy atom. The van der Waals surface area contributed by atoms with Crippen molar-refractivity contribution in [2.24, 2.45) is 0 Å². The molecule has 2 rings (SSSR count). The monoisotopic (exact) mass is 164 g/mol. The summed E-state index contributed by atoms with van der Waals surface area (Å²) < 4.78 is 0. The van der Waals surface area contributed by atoms with Crippen molar-refractivity contribution < 1.29 is 15.0 Å². The topological polar surface area (TPSA) is 57.5 Å². The van der Waals surface area contributed by atoms with Crippen molar-refractivity contribution in [2.45, 2.75) is 12.8 Å². The Hall–Kier alpha value is -1.51. The number of hydrogen-bond acceptors (Lipinski definition) is 3. The zero-order valence-corrected chi connectivity index (χ0v) is 6.37. The molecule has 0 atom stereocenters. The van der Waals surface area contributed by atoms with E-state index in [1.165, 1.54) is 12.1 Å². The van der Waals surface area contributed by atoms with Gasteiger partial charge in [-0.25, -0.2) is 0 Å². The van der Waals surface area contributed by atoms with Gasteiger partial charge in [-0.05, 0) is 12.1 Å². The number of rotatable bonds is 0. The average molecular weight is 164 g/mol. The summed E-state index contributed by atoms with van der Waals surface area (Å²) in [6.07, 6.45) is 0.491. The second kappa shape index (κ2) is 2.24. The molecule has 62 valence electrons. The molecule has 0 saturated carbocycles. The van der Waals surface area contributed by atoms with Crippen molar-refractivity contribution >= 4 is 5.78 Å². The standard InChI is InChI=1S/C9H8O3/c10-5-3-6-7(4-5)9(12)2-1-8(6)11/h1-2,11-12H,3-4H2. The molecule has 2 N–H and O–H groups in total. The van der Waals surface area contributed by atoms with Crippen molar-refractivity contribution in [1.82, 2.24) is 0 Å². The Morgan fingerprint density at radius 3 is 1.83 bits per heavy atom. The van der Waals surface area contributed by atoms with E-state index in [0.717, 1.165) is 0 Å². The number of carbonyl (C=O) groups excluding carboxylic acids is 1. The Kier molecular flexibility index (Phi) is 1.33. The molecule has 0 aromatic heterocycles. The van der Waals surface area contributed by atoms with Crippen LogP contribution in [0.15, 0.2) is 12.1 Å². The first kappa shape index (κ1) is 7.16. The minimum atomic E-state index is 0.0433. The van der Waals surface area contributed by atoms with Gasteiger partial charge in [0.25, 0.3) is 0 Å². The number of carbonyl (C=O) groups is 1. The van der Waals surface area contributed by atoms with Crippen molar-refractivity contribution in [3.8, 4) is 11.5 Å². The van der Waals surface area contributed by atoms with Gasteiger partial charge in [0.05, 0.1) is 0 Å². The summed E-state index contributed by atoms with van der Waals surface area (Å²) in [5.74, 6) is 0.254. The first-order valence-corrected chi connectivity index (χ1v) is 3.73. The lowest BCUT2D eigenvalue weighted by molar-refractivity contribution is -0.117. The van der Waals surface area contributed by atoms with Crippen LogP contribution in [-0.2, 0) is 17.6 Å². The first-order chi connectivity index (χ1) is 5.68. The van der Waals surface area contributed by atoms with Crippen LogP contribution in [0, 0.1) is 0 Å². The third-order valence-electron chi connectivity index (χ3n) is 2.13. The highest BCUT2D eigenvalue weighted by atomic mass is 16.3. The molecular weight excluding hydrogens is 156 g/mol. The van der Waals surface area contributed by atoms with Gasteiger partial charge >= 0.3 is 0 Å². The zero-order valence-electron chi connectivity index (χ0n) is 6.37. The molecule has 1 aliphatic rings. The molecule has 0 heterocycles. The second-order valence-corrected chi connectivity index (χ2v) is 2.95. The molecule has 0 amide bonds. The number of ketones is 1. The van der Waals surface area contributed by atoms with E-state index in [1.807, 2.05) is 0 Å².